The van der Waals surface area contributed by atoms with Gasteiger partial charge in [0.1, 0.15) is 5.75 Å². The zero-order valence-corrected chi connectivity index (χ0v) is 11.9. The van der Waals surface area contributed by atoms with Gasteiger partial charge >= 0.3 is 0 Å². The fourth-order valence-corrected chi connectivity index (χ4v) is 3.39. The number of para-hydroxylation sites is 1. The molecule has 1 saturated carbocycles. The van der Waals surface area contributed by atoms with Crippen LogP contribution < -0.4 is 10.5 Å². The second kappa shape index (κ2) is 5.93. The maximum atomic E-state index is 10.8. The SMILES string of the molecule is CCC1CCC(CN)(C(O)c2ccccc2OC)C1. The van der Waals surface area contributed by atoms with Crippen LogP contribution in [0.25, 0.3) is 0 Å². The van der Waals surface area contributed by atoms with Crippen LogP contribution in [0.5, 0.6) is 5.75 Å². The highest BCUT2D eigenvalue weighted by atomic mass is 16.5. The number of ether oxygens (including phenoxy) is 1. The molecule has 3 unspecified atom stereocenters. The molecule has 0 radical (unpaired) electrons. The molecular formula is C16H25NO2. The molecule has 0 saturated heterocycles. The lowest BCUT2D eigenvalue weighted by atomic mass is 9.76. The van der Waals surface area contributed by atoms with Crippen molar-refractivity contribution in [3.05, 3.63) is 29.8 Å². The van der Waals surface area contributed by atoms with E-state index in [1.807, 2.05) is 24.3 Å². The van der Waals surface area contributed by atoms with Crippen molar-refractivity contribution in [1.29, 1.82) is 0 Å². The number of methoxy groups -OCH3 is 1. The second-order valence-electron chi connectivity index (χ2n) is 5.73. The van der Waals surface area contributed by atoms with Gasteiger partial charge in [0.15, 0.2) is 0 Å². The van der Waals surface area contributed by atoms with Crippen molar-refractivity contribution in [2.24, 2.45) is 17.1 Å². The molecule has 0 amide bonds. The molecule has 3 heteroatoms. The van der Waals surface area contributed by atoms with Crippen LogP contribution in [0.15, 0.2) is 24.3 Å². The lowest BCUT2D eigenvalue weighted by molar-refractivity contribution is 0.0284. The minimum Gasteiger partial charge on any atom is -0.496 e. The quantitative estimate of drug-likeness (QED) is 0.859. The van der Waals surface area contributed by atoms with Crippen molar-refractivity contribution in [2.45, 2.75) is 38.7 Å². The number of nitrogens with two attached hydrogens (primary N) is 1. The number of hydrogen-bond acceptors (Lipinski definition) is 3. The summed E-state index contributed by atoms with van der Waals surface area (Å²) < 4.78 is 5.37. The first kappa shape index (κ1) is 14.4. The van der Waals surface area contributed by atoms with Crippen LogP contribution in [0.2, 0.25) is 0 Å². The molecule has 0 heterocycles. The average molecular weight is 263 g/mol. The number of rotatable bonds is 5. The summed E-state index contributed by atoms with van der Waals surface area (Å²) in [6, 6.07) is 7.71. The minimum absolute atomic E-state index is 0.185. The fourth-order valence-electron chi connectivity index (χ4n) is 3.39. The highest BCUT2D eigenvalue weighted by Crippen LogP contribution is 2.51. The van der Waals surface area contributed by atoms with Crippen molar-refractivity contribution in [3.63, 3.8) is 0 Å². The summed E-state index contributed by atoms with van der Waals surface area (Å²) in [6.07, 6.45) is 3.81. The number of benzene rings is 1. The lowest BCUT2D eigenvalue weighted by Crippen LogP contribution is -2.34. The summed E-state index contributed by atoms with van der Waals surface area (Å²) in [7, 11) is 1.64. The molecule has 1 aromatic carbocycles. The Morgan fingerprint density at radius 1 is 1.47 bits per heavy atom. The van der Waals surface area contributed by atoms with Gasteiger partial charge in [-0.2, -0.15) is 0 Å². The minimum atomic E-state index is -0.537. The van der Waals surface area contributed by atoms with Gasteiger partial charge in [-0.1, -0.05) is 31.5 Å². The normalized spacial score (nSPS) is 28.3. The molecule has 3 N–H and O–H groups in total. The Morgan fingerprint density at radius 3 is 2.79 bits per heavy atom. The first-order chi connectivity index (χ1) is 9.16. The molecule has 19 heavy (non-hydrogen) atoms. The molecule has 0 aromatic heterocycles. The van der Waals surface area contributed by atoms with Crippen LogP contribution in [-0.2, 0) is 0 Å². The van der Waals surface area contributed by atoms with Crippen molar-refractivity contribution >= 4 is 0 Å². The molecule has 1 fully saturated rings. The third kappa shape index (κ3) is 2.63. The largest absolute Gasteiger partial charge is 0.496 e. The molecule has 106 valence electrons. The van der Waals surface area contributed by atoms with E-state index in [1.54, 1.807) is 7.11 Å². The zero-order valence-electron chi connectivity index (χ0n) is 11.9. The molecule has 1 aliphatic carbocycles. The summed E-state index contributed by atoms with van der Waals surface area (Å²) in [5.74, 6) is 1.44. The number of aliphatic hydroxyl groups excluding tert-OH is 1. The van der Waals surface area contributed by atoms with Crippen LogP contribution in [0.1, 0.15) is 44.3 Å². The maximum absolute atomic E-state index is 10.8. The molecule has 1 aliphatic rings. The van der Waals surface area contributed by atoms with E-state index >= 15 is 0 Å². The molecular weight excluding hydrogens is 238 g/mol. The highest BCUT2D eigenvalue weighted by molar-refractivity contribution is 5.36. The fraction of sp³-hybridized carbons (Fsp3) is 0.625. The smallest absolute Gasteiger partial charge is 0.124 e. The summed E-state index contributed by atoms with van der Waals surface area (Å²) in [6.45, 7) is 2.75. The van der Waals surface area contributed by atoms with Gasteiger partial charge in [0.05, 0.1) is 13.2 Å². The van der Waals surface area contributed by atoms with E-state index in [4.69, 9.17) is 10.5 Å². The Balaban J connectivity index is 2.28. The van der Waals surface area contributed by atoms with E-state index in [1.165, 1.54) is 12.8 Å². The van der Waals surface area contributed by atoms with E-state index in [9.17, 15) is 5.11 Å². The Kier molecular flexibility index (Phi) is 4.48. The lowest BCUT2D eigenvalue weighted by Gasteiger charge is -2.34. The van der Waals surface area contributed by atoms with E-state index in [2.05, 4.69) is 6.92 Å². The third-order valence-corrected chi connectivity index (χ3v) is 4.74. The van der Waals surface area contributed by atoms with Crippen LogP contribution in [-0.4, -0.2) is 18.8 Å². The topological polar surface area (TPSA) is 55.5 Å². The number of aliphatic hydroxyl groups is 1. The predicted octanol–water partition coefficient (Wildman–Crippen LogP) is 2.88. The average Bonchev–Trinajstić information content (AvgIpc) is 2.91. The molecule has 0 aliphatic heterocycles. The summed E-state index contributed by atoms with van der Waals surface area (Å²) in [4.78, 5) is 0. The van der Waals surface area contributed by atoms with Crippen molar-refractivity contribution in [2.75, 3.05) is 13.7 Å². The van der Waals surface area contributed by atoms with Gasteiger partial charge < -0.3 is 15.6 Å². The zero-order chi connectivity index (χ0) is 13.9. The summed E-state index contributed by atoms with van der Waals surface area (Å²) in [5.41, 5.74) is 6.70. The standard InChI is InChI=1S/C16H25NO2/c1-3-12-8-9-16(10-12,11-17)15(18)13-6-4-5-7-14(13)19-2/h4-7,12,15,18H,3,8-11,17H2,1-2H3. The monoisotopic (exact) mass is 263 g/mol. The molecule has 0 spiro atoms. The summed E-state index contributed by atoms with van der Waals surface area (Å²) >= 11 is 0. The Labute approximate surface area is 115 Å². The Hall–Kier alpha value is -1.06. The van der Waals surface area contributed by atoms with Crippen LogP contribution >= 0.6 is 0 Å². The number of hydrogen-bond donors (Lipinski definition) is 2. The predicted molar refractivity (Wildman–Crippen MR) is 77.1 cm³/mol. The van der Waals surface area contributed by atoms with Crippen LogP contribution in [0.3, 0.4) is 0 Å². The van der Waals surface area contributed by atoms with Crippen molar-refractivity contribution in [3.8, 4) is 5.75 Å². The Bertz CT molecular complexity index is 421. The third-order valence-electron chi connectivity index (χ3n) is 4.74. The van der Waals surface area contributed by atoms with E-state index in [0.29, 0.717) is 12.5 Å². The van der Waals surface area contributed by atoms with Gasteiger partial charge in [-0.05, 0) is 31.2 Å². The molecule has 3 atom stereocenters. The van der Waals surface area contributed by atoms with Crippen LogP contribution in [0.4, 0.5) is 0 Å². The van der Waals surface area contributed by atoms with Gasteiger partial charge in [-0.25, -0.2) is 0 Å². The first-order valence-electron chi connectivity index (χ1n) is 7.18. The van der Waals surface area contributed by atoms with E-state index < -0.39 is 6.10 Å². The van der Waals surface area contributed by atoms with E-state index in [0.717, 1.165) is 24.2 Å². The molecule has 2 rings (SSSR count). The van der Waals surface area contributed by atoms with Crippen molar-refractivity contribution < 1.29 is 9.84 Å². The summed E-state index contributed by atoms with van der Waals surface area (Å²) in [5, 5.41) is 10.8. The Morgan fingerprint density at radius 2 is 2.21 bits per heavy atom. The van der Waals surface area contributed by atoms with Gasteiger partial charge in [0, 0.05) is 17.5 Å². The molecule has 1 aromatic rings. The molecule has 3 nitrogen and oxygen atoms in total. The van der Waals surface area contributed by atoms with Crippen LogP contribution in [0, 0.1) is 11.3 Å². The van der Waals surface area contributed by atoms with E-state index in [-0.39, 0.29) is 5.41 Å². The first-order valence-corrected chi connectivity index (χ1v) is 7.18. The second-order valence-corrected chi connectivity index (χ2v) is 5.73. The van der Waals surface area contributed by atoms with Gasteiger partial charge in [-0.3, -0.25) is 0 Å². The van der Waals surface area contributed by atoms with Gasteiger partial charge in [-0.15, -0.1) is 0 Å². The van der Waals surface area contributed by atoms with Gasteiger partial charge in [0.2, 0.25) is 0 Å². The van der Waals surface area contributed by atoms with Crippen molar-refractivity contribution in [1.82, 2.24) is 0 Å². The van der Waals surface area contributed by atoms with Gasteiger partial charge in [0.25, 0.3) is 0 Å². The highest BCUT2D eigenvalue weighted by Gasteiger charge is 2.44. The molecule has 0 bridgehead atoms. The maximum Gasteiger partial charge on any atom is 0.124 e.